The third-order valence-corrected chi connectivity index (χ3v) is 4.01. The van der Waals surface area contributed by atoms with Gasteiger partial charge in [-0.25, -0.2) is 0 Å². The zero-order chi connectivity index (χ0) is 13.1. The van der Waals surface area contributed by atoms with Crippen LogP contribution in [0.15, 0.2) is 40.9 Å². The molecule has 0 amide bonds. The lowest BCUT2D eigenvalue weighted by atomic mass is 10.1. The van der Waals surface area contributed by atoms with E-state index in [1.165, 1.54) is 5.56 Å². The normalized spacial score (nSPS) is 10.4. The summed E-state index contributed by atoms with van der Waals surface area (Å²) in [6.07, 6.45) is 0. The molecule has 0 N–H and O–H groups in total. The van der Waals surface area contributed by atoms with Crippen LogP contribution < -0.4 is 4.74 Å². The Morgan fingerprint density at radius 3 is 2.44 bits per heavy atom. The van der Waals surface area contributed by atoms with E-state index in [1.54, 1.807) is 0 Å². The first-order valence-corrected chi connectivity index (χ1v) is 7.68. The molecule has 0 spiro atoms. The van der Waals surface area contributed by atoms with Gasteiger partial charge >= 0.3 is 0 Å². The second kappa shape index (κ2) is 6.09. The Kier molecular flexibility index (Phi) is 4.71. The fourth-order valence-corrected chi connectivity index (χ4v) is 2.70. The largest absolute Gasteiger partial charge is 0.456 e. The van der Waals surface area contributed by atoms with Gasteiger partial charge in [0.05, 0.1) is 4.47 Å². The quantitative estimate of drug-likeness (QED) is 0.576. The molecule has 0 bridgehead atoms. The third-order valence-electron chi connectivity index (χ3n) is 2.51. The van der Waals surface area contributed by atoms with Gasteiger partial charge in [-0.2, -0.15) is 0 Å². The average Bonchev–Trinajstić information content (AvgIpc) is 2.34. The number of hydrogen-bond acceptors (Lipinski definition) is 1. The summed E-state index contributed by atoms with van der Waals surface area (Å²) in [7, 11) is 0. The highest BCUT2D eigenvalue weighted by molar-refractivity contribution is 9.10. The number of benzene rings is 2. The number of hydrogen-bond donors (Lipinski definition) is 0. The number of rotatable bonds is 3. The van der Waals surface area contributed by atoms with Crippen molar-refractivity contribution in [3.63, 3.8) is 0 Å². The first-order valence-electron chi connectivity index (χ1n) is 5.38. The molecule has 2 aromatic rings. The summed E-state index contributed by atoms with van der Waals surface area (Å²) in [6, 6.07) is 11.6. The van der Waals surface area contributed by atoms with E-state index >= 15 is 0 Å². The van der Waals surface area contributed by atoms with Crippen LogP contribution in [0.25, 0.3) is 0 Å². The summed E-state index contributed by atoms with van der Waals surface area (Å²) >= 11 is 12.8. The maximum Gasteiger partial charge on any atom is 0.141 e. The molecule has 94 valence electrons. The van der Waals surface area contributed by atoms with Crippen molar-refractivity contribution in [2.75, 3.05) is 0 Å². The Morgan fingerprint density at radius 1 is 1.11 bits per heavy atom. The third kappa shape index (κ3) is 3.28. The number of ether oxygens (including phenoxy) is 1. The van der Waals surface area contributed by atoms with E-state index in [9.17, 15) is 0 Å². The molecule has 2 rings (SSSR count). The van der Waals surface area contributed by atoms with Crippen molar-refractivity contribution in [1.29, 1.82) is 0 Å². The van der Waals surface area contributed by atoms with Gasteiger partial charge in [0.1, 0.15) is 11.5 Å². The van der Waals surface area contributed by atoms with Gasteiger partial charge in [-0.05, 0) is 58.2 Å². The van der Waals surface area contributed by atoms with E-state index in [1.807, 2.05) is 37.3 Å². The second-order valence-corrected chi connectivity index (χ2v) is 5.76. The van der Waals surface area contributed by atoms with Gasteiger partial charge in [0.15, 0.2) is 0 Å². The molecule has 0 saturated carbocycles. The van der Waals surface area contributed by atoms with Gasteiger partial charge in [-0.1, -0.05) is 39.7 Å². The molecule has 1 nitrogen and oxygen atoms in total. The minimum absolute atomic E-state index is 0.681. The van der Waals surface area contributed by atoms with Gasteiger partial charge in [0, 0.05) is 10.4 Å². The van der Waals surface area contributed by atoms with Crippen LogP contribution in [-0.2, 0) is 5.33 Å². The Labute approximate surface area is 128 Å². The lowest BCUT2D eigenvalue weighted by molar-refractivity contribution is 0.476. The second-order valence-electron chi connectivity index (χ2n) is 3.91. The predicted octanol–water partition coefficient (Wildman–Crippen LogP) is 6.10. The summed E-state index contributed by atoms with van der Waals surface area (Å²) in [5.41, 5.74) is 2.34. The standard InChI is InChI=1S/C14H11Br2ClO/c1-9-6-10(8-15)2-4-13(9)18-14-5-3-11(17)7-12(14)16/h2-7H,8H2,1H3. The van der Waals surface area contributed by atoms with Crippen molar-refractivity contribution in [3.05, 3.63) is 57.0 Å². The minimum atomic E-state index is 0.681. The van der Waals surface area contributed by atoms with Crippen molar-refractivity contribution in [2.24, 2.45) is 0 Å². The van der Waals surface area contributed by atoms with E-state index in [4.69, 9.17) is 16.3 Å². The average molecular weight is 391 g/mol. The molecule has 0 aliphatic heterocycles. The van der Waals surface area contributed by atoms with Gasteiger partial charge in [-0.3, -0.25) is 0 Å². The van der Waals surface area contributed by atoms with E-state index < -0.39 is 0 Å². The lowest BCUT2D eigenvalue weighted by Gasteiger charge is -2.11. The maximum absolute atomic E-state index is 5.90. The minimum Gasteiger partial charge on any atom is -0.456 e. The molecule has 0 radical (unpaired) electrons. The molecule has 0 aliphatic rings. The predicted molar refractivity (Wildman–Crippen MR) is 83.0 cm³/mol. The molecular weight excluding hydrogens is 379 g/mol. The molecule has 0 unspecified atom stereocenters. The molecule has 0 atom stereocenters. The van der Waals surface area contributed by atoms with Crippen LogP contribution in [0.2, 0.25) is 5.02 Å². The smallest absolute Gasteiger partial charge is 0.141 e. The van der Waals surface area contributed by atoms with Crippen molar-refractivity contribution in [3.8, 4) is 11.5 Å². The van der Waals surface area contributed by atoms with Crippen LogP contribution in [0.1, 0.15) is 11.1 Å². The van der Waals surface area contributed by atoms with Crippen LogP contribution in [0.3, 0.4) is 0 Å². The number of halogens is 3. The summed E-state index contributed by atoms with van der Waals surface area (Å²) in [4.78, 5) is 0. The Morgan fingerprint density at radius 2 is 1.83 bits per heavy atom. The molecule has 18 heavy (non-hydrogen) atoms. The van der Waals surface area contributed by atoms with Crippen LogP contribution >= 0.6 is 43.5 Å². The van der Waals surface area contributed by atoms with E-state index in [0.29, 0.717) is 5.02 Å². The monoisotopic (exact) mass is 388 g/mol. The molecule has 4 heteroatoms. The van der Waals surface area contributed by atoms with E-state index in [0.717, 1.165) is 26.9 Å². The van der Waals surface area contributed by atoms with Crippen molar-refractivity contribution in [2.45, 2.75) is 12.3 Å². The van der Waals surface area contributed by atoms with Crippen LogP contribution in [-0.4, -0.2) is 0 Å². The van der Waals surface area contributed by atoms with E-state index in [2.05, 4.69) is 37.9 Å². The number of aryl methyl sites for hydroxylation is 1. The summed E-state index contributed by atoms with van der Waals surface area (Å²) < 4.78 is 6.72. The van der Waals surface area contributed by atoms with Crippen LogP contribution in [0.5, 0.6) is 11.5 Å². The zero-order valence-corrected chi connectivity index (χ0v) is 13.6. The molecular formula is C14H11Br2ClO. The fraction of sp³-hybridized carbons (Fsp3) is 0.143. The molecule has 0 aromatic heterocycles. The van der Waals surface area contributed by atoms with Gasteiger partial charge in [0.25, 0.3) is 0 Å². The number of alkyl halides is 1. The van der Waals surface area contributed by atoms with Crippen LogP contribution in [0.4, 0.5) is 0 Å². The van der Waals surface area contributed by atoms with Gasteiger partial charge < -0.3 is 4.74 Å². The van der Waals surface area contributed by atoms with Crippen molar-refractivity contribution < 1.29 is 4.74 Å². The van der Waals surface area contributed by atoms with Crippen molar-refractivity contribution >= 4 is 43.5 Å². The topological polar surface area (TPSA) is 9.23 Å². The highest BCUT2D eigenvalue weighted by Crippen LogP contribution is 2.33. The molecule has 0 saturated heterocycles. The van der Waals surface area contributed by atoms with Crippen molar-refractivity contribution in [1.82, 2.24) is 0 Å². The highest BCUT2D eigenvalue weighted by Gasteiger charge is 2.06. The maximum atomic E-state index is 5.90. The zero-order valence-electron chi connectivity index (χ0n) is 9.71. The summed E-state index contributed by atoms with van der Waals surface area (Å²) in [5.74, 6) is 1.61. The fourth-order valence-electron chi connectivity index (χ4n) is 1.59. The summed E-state index contributed by atoms with van der Waals surface area (Å²) in [6.45, 7) is 2.03. The van der Waals surface area contributed by atoms with Gasteiger partial charge in [0.2, 0.25) is 0 Å². The summed E-state index contributed by atoms with van der Waals surface area (Å²) in [5, 5.41) is 1.53. The molecule has 2 aromatic carbocycles. The lowest BCUT2D eigenvalue weighted by Crippen LogP contribution is -1.90. The first-order chi connectivity index (χ1) is 8.60. The first kappa shape index (κ1) is 13.9. The molecule has 0 heterocycles. The van der Waals surface area contributed by atoms with Crippen LogP contribution in [0, 0.1) is 6.92 Å². The molecule has 0 aliphatic carbocycles. The Balaban J connectivity index is 2.28. The van der Waals surface area contributed by atoms with Gasteiger partial charge in [-0.15, -0.1) is 0 Å². The molecule has 0 fully saturated rings. The Bertz CT molecular complexity index is 570. The Hall–Kier alpha value is -0.510. The van der Waals surface area contributed by atoms with E-state index in [-0.39, 0.29) is 0 Å². The highest BCUT2D eigenvalue weighted by atomic mass is 79.9. The SMILES string of the molecule is Cc1cc(CBr)ccc1Oc1ccc(Cl)cc1Br.